The molecule has 3 heterocycles. The lowest BCUT2D eigenvalue weighted by Crippen LogP contribution is -2.35. The Labute approximate surface area is 217 Å². The van der Waals surface area contributed by atoms with Crippen molar-refractivity contribution in [2.24, 2.45) is 0 Å². The van der Waals surface area contributed by atoms with Gasteiger partial charge in [-0.2, -0.15) is 4.98 Å². The van der Waals surface area contributed by atoms with Crippen molar-refractivity contribution in [3.63, 3.8) is 0 Å². The highest BCUT2D eigenvalue weighted by molar-refractivity contribution is 5.69. The Hall–Kier alpha value is -4.17. The van der Waals surface area contributed by atoms with Crippen molar-refractivity contribution < 1.29 is 0 Å². The molecule has 0 spiro atoms. The maximum absolute atomic E-state index is 4.60. The Balaban J connectivity index is 1.23. The lowest BCUT2D eigenvalue weighted by Gasteiger charge is -2.25. The van der Waals surface area contributed by atoms with Crippen LogP contribution in [-0.2, 0) is 0 Å². The fraction of sp³-hybridized carbons (Fsp3) is 0.276. The highest BCUT2D eigenvalue weighted by Gasteiger charge is 2.16. The van der Waals surface area contributed by atoms with E-state index in [4.69, 9.17) is 0 Å². The molecule has 1 atom stereocenters. The van der Waals surface area contributed by atoms with Gasteiger partial charge in [0, 0.05) is 35.9 Å². The Morgan fingerprint density at radius 1 is 0.838 bits per heavy atom. The fourth-order valence-corrected chi connectivity index (χ4v) is 4.45. The highest BCUT2D eigenvalue weighted by atomic mass is 15.2. The summed E-state index contributed by atoms with van der Waals surface area (Å²) in [5.41, 5.74) is 5.27. The Morgan fingerprint density at radius 2 is 1.62 bits per heavy atom. The van der Waals surface area contributed by atoms with Crippen LogP contribution in [0.4, 0.5) is 23.3 Å². The second-order valence-corrected chi connectivity index (χ2v) is 9.54. The minimum Gasteiger partial charge on any atom is -0.325 e. The van der Waals surface area contributed by atoms with Gasteiger partial charge in [-0.05, 0) is 73.7 Å². The molecule has 3 N–H and O–H groups in total. The molecule has 0 saturated heterocycles. The van der Waals surface area contributed by atoms with Crippen molar-refractivity contribution in [2.45, 2.75) is 52.1 Å². The molecule has 0 radical (unpaired) electrons. The van der Waals surface area contributed by atoms with Crippen molar-refractivity contribution in [2.75, 3.05) is 10.6 Å². The van der Waals surface area contributed by atoms with Crippen LogP contribution in [-0.4, -0.2) is 37.0 Å². The maximum atomic E-state index is 4.60. The summed E-state index contributed by atoms with van der Waals surface area (Å²) in [6.07, 6.45) is 9.14. The number of anilines is 4. The zero-order valence-electron chi connectivity index (χ0n) is 21.4. The van der Waals surface area contributed by atoms with Gasteiger partial charge in [0.1, 0.15) is 17.3 Å². The second-order valence-electron chi connectivity index (χ2n) is 9.54. The van der Waals surface area contributed by atoms with Crippen LogP contribution in [0.15, 0.2) is 73.1 Å². The third kappa shape index (κ3) is 6.54. The third-order valence-electron chi connectivity index (χ3n) is 6.18. The van der Waals surface area contributed by atoms with Gasteiger partial charge in [-0.1, -0.05) is 38.1 Å². The molecule has 8 heteroatoms. The van der Waals surface area contributed by atoms with E-state index in [1.54, 1.807) is 24.5 Å². The van der Waals surface area contributed by atoms with Crippen molar-refractivity contribution in [3.8, 4) is 11.5 Å². The molecule has 0 fully saturated rings. The number of pyridine rings is 1. The molecule has 0 saturated carbocycles. The lowest BCUT2D eigenvalue weighted by molar-refractivity contribution is 0.437. The monoisotopic (exact) mass is 492 g/mol. The SMILES string of the molecule is Cc1cccc(-c2nccc(Nc3ccnc(Nc4ccc(C5=CCC(NC(C)C)CC5)cc4)n3)n2)n1. The van der Waals surface area contributed by atoms with Crippen molar-refractivity contribution in [1.82, 2.24) is 30.2 Å². The summed E-state index contributed by atoms with van der Waals surface area (Å²) >= 11 is 0. The van der Waals surface area contributed by atoms with Crippen molar-refractivity contribution in [3.05, 3.63) is 84.3 Å². The molecule has 3 aromatic heterocycles. The number of benzene rings is 1. The predicted molar refractivity (Wildman–Crippen MR) is 149 cm³/mol. The van der Waals surface area contributed by atoms with Crippen LogP contribution in [0.1, 0.15) is 44.4 Å². The molecular formula is C29H32N8. The minimum absolute atomic E-state index is 0.506. The first-order chi connectivity index (χ1) is 18.0. The van der Waals surface area contributed by atoms with Crippen LogP contribution < -0.4 is 16.0 Å². The summed E-state index contributed by atoms with van der Waals surface area (Å²) in [5, 5.41) is 10.2. The molecule has 0 bridgehead atoms. The predicted octanol–water partition coefficient (Wildman–Crippen LogP) is 6.06. The van der Waals surface area contributed by atoms with Crippen LogP contribution in [0.2, 0.25) is 0 Å². The molecule has 1 aliphatic carbocycles. The molecular weight excluding hydrogens is 460 g/mol. The Bertz CT molecular complexity index is 1380. The van der Waals surface area contributed by atoms with E-state index in [0.717, 1.165) is 29.9 Å². The van der Waals surface area contributed by atoms with Gasteiger partial charge >= 0.3 is 0 Å². The normalized spacial score (nSPS) is 15.4. The number of aromatic nitrogens is 5. The molecule has 0 amide bonds. The van der Waals surface area contributed by atoms with Crippen LogP contribution in [0.5, 0.6) is 0 Å². The standard InChI is InChI=1S/C29H32N8/c1-19(2)32-23-11-7-21(8-12-23)22-9-13-24(14-10-22)34-29-31-18-16-27(37-29)35-26-15-17-30-28(36-26)25-6-4-5-20(3)33-25/h4-7,9-10,13-19,23,32H,8,11-12H2,1-3H3,(H2,30,31,34,35,36,37). The van der Waals surface area contributed by atoms with E-state index >= 15 is 0 Å². The summed E-state index contributed by atoms with van der Waals surface area (Å²) in [5.74, 6) is 2.33. The molecule has 8 nitrogen and oxygen atoms in total. The van der Waals surface area contributed by atoms with Crippen molar-refractivity contribution in [1.29, 1.82) is 0 Å². The van der Waals surface area contributed by atoms with Gasteiger partial charge < -0.3 is 16.0 Å². The molecule has 1 aromatic carbocycles. The van der Waals surface area contributed by atoms with Gasteiger partial charge in [-0.25, -0.2) is 19.9 Å². The van der Waals surface area contributed by atoms with E-state index in [2.05, 4.69) is 85.1 Å². The summed E-state index contributed by atoms with van der Waals surface area (Å²) in [6.45, 7) is 6.36. The van der Waals surface area contributed by atoms with E-state index in [1.165, 1.54) is 17.6 Å². The number of nitrogens with one attached hydrogen (secondary N) is 3. The topological polar surface area (TPSA) is 101 Å². The van der Waals surface area contributed by atoms with Gasteiger partial charge in [-0.3, -0.25) is 0 Å². The number of hydrogen-bond acceptors (Lipinski definition) is 8. The van der Waals surface area contributed by atoms with E-state index in [-0.39, 0.29) is 0 Å². The molecule has 1 unspecified atom stereocenters. The molecule has 37 heavy (non-hydrogen) atoms. The number of nitrogens with zero attached hydrogens (tertiary/aromatic N) is 5. The number of hydrogen-bond donors (Lipinski definition) is 3. The minimum atomic E-state index is 0.506. The smallest absolute Gasteiger partial charge is 0.229 e. The summed E-state index contributed by atoms with van der Waals surface area (Å²) in [6, 6.07) is 19.0. The largest absolute Gasteiger partial charge is 0.325 e. The van der Waals surface area contributed by atoms with E-state index in [9.17, 15) is 0 Å². The van der Waals surface area contributed by atoms with E-state index < -0.39 is 0 Å². The lowest BCUT2D eigenvalue weighted by atomic mass is 9.90. The summed E-state index contributed by atoms with van der Waals surface area (Å²) in [7, 11) is 0. The second kappa shape index (κ2) is 11.3. The first-order valence-electron chi connectivity index (χ1n) is 12.7. The van der Waals surface area contributed by atoms with Gasteiger partial charge in [0.05, 0.1) is 0 Å². The molecule has 4 aromatic rings. The van der Waals surface area contributed by atoms with E-state index in [0.29, 0.717) is 35.5 Å². The molecule has 1 aliphatic rings. The van der Waals surface area contributed by atoms with Gasteiger partial charge in [0.25, 0.3) is 0 Å². The summed E-state index contributed by atoms with van der Waals surface area (Å²) < 4.78 is 0. The first-order valence-corrected chi connectivity index (χ1v) is 12.7. The van der Waals surface area contributed by atoms with Crippen molar-refractivity contribution >= 4 is 28.8 Å². The van der Waals surface area contributed by atoms with Crippen LogP contribution in [0.25, 0.3) is 17.1 Å². The average molecular weight is 493 g/mol. The van der Waals surface area contributed by atoms with Gasteiger partial charge in [0.15, 0.2) is 5.82 Å². The highest BCUT2D eigenvalue weighted by Crippen LogP contribution is 2.28. The van der Waals surface area contributed by atoms with Gasteiger partial charge in [-0.15, -0.1) is 0 Å². The Kier molecular flexibility index (Phi) is 7.46. The number of rotatable bonds is 8. The van der Waals surface area contributed by atoms with E-state index in [1.807, 2.05) is 25.1 Å². The quantitative estimate of drug-likeness (QED) is 0.273. The van der Waals surface area contributed by atoms with Gasteiger partial charge in [0.2, 0.25) is 5.95 Å². The third-order valence-corrected chi connectivity index (χ3v) is 6.18. The Morgan fingerprint density at radius 3 is 2.35 bits per heavy atom. The molecule has 5 rings (SSSR count). The van der Waals surface area contributed by atoms with Crippen LogP contribution in [0, 0.1) is 6.92 Å². The van der Waals surface area contributed by atoms with Crippen LogP contribution >= 0.6 is 0 Å². The average Bonchev–Trinajstić information content (AvgIpc) is 2.90. The molecule has 188 valence electrons. The summed E-state index contributed by atoms with van der Waals surface area (Å²) in [4.78, 5) is 22.4. The number of allylic oxidation sites excluding steroid dienone is 1. The zero-order valence-corrected chi connectivity index (χ0v) is 21.4. The zero-order chi connectivity index (χ0) is 25.6. The fourth-order valence-electron chi connectivity index (χ4n) is 4.45. The maximum Gasteiger partial charge on any atom is 0.229 e. The molecule has 0 aliphatic heterocycles. The van der Waals surface area contributed by atoms with Crippen LogP contribution in [0.3, 0.4) is 0 Å². The first kappa shape index (κ1) is 24.5. The number of aryl methyl sites for hydroxylation is 1.